The van der Waals surface area contributed by atoms with Gasteiger partial charge >= 0.3 is 5.97 Å². The molecule has 6 heteroatoms. The second-order valence-electron chi connectivity index (χ2n) is 5.12. The van der Waals surface area contributed by atoms with Crippen LogP contribution in [-0.2, 0) is 9.59 Å². The molecule has 1 aliphatic rings. The number of allylic oxidation sites excluding steroid dienone is 1. The zero-order valence-corrected chi connectivity index (χ0v) is 12.8. The van der Waals surface area contributed by atoms with Gasteiger partial charge in [0.25, 0.3) is 0 Å². The second kappa shape index (κ2) is 6.40. The van der Waals surface area contributed by atoms with Crippen LogP contribution < -0.4 is 9.47 Å². The first-order valence-corrected chi connectivity index (χ1v) is 7.13. The molecule has 0 fully saturated rings. The highest BCUT2D eigenvalue weighted by Crippen LogP contribution is 2.41. The average molecular weight is 323 g/mol. The first-order chi connectivity index (χ1) is 11.6. The Hall–Kier alpha value is -3.37. The Morgan fingerprint density at radius 2 is 2.21 bits per heavy atom. The first kappa shape index (κ1) is 15.5. The van der Waals surface area contributed by atoms with Gasteiger partial charge in [0.1, 0.15) is 11.5 Å². The average Bonchev–Trinajstić information content (AvgIpc) is 2.61. The lowest BCUT2D eigenvalue weighted by Gasteiger charge is -2.22. The summed E-state index contributed by atoms with van der Waals surface area (Å²) < 4.78 is 10.8. The van der Waals surface area contributed by atoms with Crippen molar-refractivity contribution in [2.24, 2.45) is 0 Å². The second-order valence-corrected chi connectivity index (χ2v) is 5.12. The molecule has 3 rings (SSSR count). The molecule has 0 aliphatic carbocycles. The van der Waals surface area contributed by atoms with Gasteiger partial charge in [-0.15, -0.1) is 0 Å². The van der Waals surface area contributed by atoms with Crippen molar-refractivity contribution in [1.29, 1.82) is 0 Å². The Bertz CT molecular complexity index is 880. The minimum Gasteiger partial charge on any atom is -0.481 e. The summed E-state index contributed by atoms with van der Waals surface area (Å²) in [6.45, 7) is 1.28. The topological polar surface area (TPSA) is 85.7 Å². The third-order valence-electron chi connectivity index (χ3n) is 3.56. The number of carboxylic acids is 1. The number of fused-ring (bicyclic) bond motifs is 1. The predicted octanol–water partition coefficient (Wildman–Crippen LogP) is 2.39. The number of hydrogen-bond donors (Lipinski definition) is 1. The van der Waals surface area contributed by atoms with Gasteiger partial charge in [0, 0.05) is 35.2 Å². The predicted molar refractivity (Wildman–Crippen MR) is 85.5 cm³/mol. The minimum atomic E-state index is -1.07. The number of benzene rings is 1. The summed E-state index contributed by atoms with van der Waals surface area (Å²) in [6.07, 6.45) is 4.95. The summed E-state index contributed by atoms with van der Waals surface area (Å²) in [4.78, 5) is 25.9. The minimum absolute atomic E-state index is 0.0415. The molecular formula is C18H13NO5. The van der Waals surface area contributed by atoms with Gasteiger partial charge in [0.05, 0.1) is 0 Å². The van der Waals surface area contributed by atoms with Crippen LogP contribution in [0.2, 0.25) is 0 Å². The molecule has 0 saturated heterocycles. The molecule has 2 aromatic rings. The van der Waals surface area contributed by atoms with Crippen LogP contribution in [-0.4, -0.2) is 28.6 Å². The van der Waals surface area contributed by atoms with Crippen LogP contribution in [0.4, 0.5) is 0 Å². The lowest BCUT2D eigenvalue weighted by atomic mass is 9.94. The van der Waals surface area contributed by atoms with E-state index in [2.05, 4.69) is 4.98 Å². The molecule has 2 heterocycles. The van der Waals surface area contributed by atoms with E-state index < -0.39 is 12.6 Å². The van der Waals surface area contributed by atoms with Gasteiger partial charge in [-0.1, -0.05) is 6.07 Å². The summed E-state index contributed by atoms with van der Waals surface area (Å²) in [5.74, 6) is 1.55. The Kier molecular flexibility index (Phi) is 4.14. The Morgan fingerprint density at radius 3 is 2.88 bits per heavy atom. The highest BCUT2D eigenvalue weighted by Gasteiger charge is 2.23. The van der Waals surface area contributed by atoms with Crippen molar-refractivity contribution < 1.29 is 24.2 Å². The fourth-order valence-electron chi connectivity index (χ4n) is 2.47. The van der Waals surface area contributed by atoms with E-state index in [1.807, 2.05) is 6.07 Å². The van der Waals surface area contributed by atoms with Crippen molar-refractivity contribution in [3.63, 3.8) is 0 Å². The largest absolute Gasteiger partial charge is 0.481 e. The summed E-state index contributed by atoms with van der Waals surface area (Å²) in [5, 5.41) is 8.75. The number of nitrogens with zero attached hydrogens (tertiary/aromatic N) is 1. The number of pyridine rings is 1. The number of carbonyl (C=O) groups excluding carboxylic acids is 1. The van der Waals surface area contributed by atoms with Crippen molar-refractivity contribution in [3.05, 3.63) is 65.2 Å². The molecule has 0 spiro atoms. The number of ether oxygens (including phenoxy) is 2. The van der Waals surface area contributed by atoms with Gasteiger partial charge in [0.15, 0.2) is 12.5 Å². The van der Waals surface area contributed by atoms with Gasteiger partial charge < -0.3 is 14.6 Å². The molecule has 24 heavy (non-hydrogen) atoms. The molecule has 0 atom stereocenters. The van der Waals surface area contributed by atoms with Gasteiger partial charge in [0.2, 0.25) is 5.76 Å². The van der Waals surface area contributed by atoms with Gasteiger partial charge in [-0.2, -0.15) is 0 Å². The Morgan fingerprint density at radius 1 is 1.38 bits per heavy atom. The zero-order chi connectivity index (χ0) is 17.1. The van der Waals surface area contributed by atoms with Crippen LogP contribution in [0.3, 0.4) is 0 Å². The molecule has 0 radical (unpaired) electrons. The number of aromatic nitrogens is 1. The first-order valence-electron chi connectivity index (χ1n) is 7.13. The maximum absolute atomic E-state index is 11.1. The van der Waals surface area contributed by atoms with E-state index in [9.17, 15) is 9.59 Å². The molecule has 1 N–H and O–H groups in total. The number of carbonyl (C=O) groups is 1. The summed E-state index contributed by atoms with van der Waals surface area (Å²) >= 11 is 0. The molecule has 1 aromatic carbocycles. The molecule has 1 aliphatic heterocycles. The lowest BCUT2D eigenvalue weighted by Crippen LogP contribution is -2.12. The highest BCUT2D eigenvalue weighted by atomic mass is 16.5. The lowest BCUT2D eigenvalue weighted by molar-refractivity contribution is -0.139. The number of rotatable bonds is 4. The van der Waals surface area contributed by atoms with E-state index in [0.29, 0.717) is 17.1 Å². The van der Waals surface area contributed by atoms with Gasteiger partial charge in [-0.25, -0.2) is 9.59 Å². The molecule has 0 amide bonds. The van der Waals surface area contributed by atoms with E-state index >= 15 is 0 Å². The van der Waals surface area contributed by atoms with E-state index in [-0.39, 0.29) is 5.76 Å². The van der Waals surface area contributed by atoms with Gasteiger partial charge in [-0.3, -0.25) is 4.98 Å². The van der Waals surface area contributed by atoms with Crippen LogP contribution in [0, 0.1) is 6.92 Å². The van der Waals surface area contributed by atoms with Crippen molar-refractivity contribution in [1.82, 2.24) is 4.98 Å². The Labute approximate surface area is 137 Å². The Balaban J connectivity index is 2.10. The third kappa shape index (κ3) is 2.91. The number of hydrogen-bond acceptors (Lipinski definition) is 5. The van der Waals surface area contributed by atoms with Crippen molar-refractivity contribution in [2.75, 3.05) is 6.61 Å². The normalized spacial score (nSPS) is 12.5. The summed E-state index contributed by atoms with van der Waals surface area (Å²) in [7, 11) is 0. The standard InChI is InChI=1S/C18H13NO5/c1-11-16(23-10-17(21)22)5-4-14-15(12-3-2-6-19-8-12)7-13(9-20)24-18(11)14/h2-8H,10H2,1H3,(H,21,22). The van der Waals surface area contributed by atoms with Crippen LogP contribution in [0.1, 0.15) is 16.7 Å². The SMILES string of the molecule is Cc1c(OCC(=O)O)ccc2c1OC(=C=O)C=C2c1cccnc1. The van der Waals surface area contributed by atoms with Crippen molar-refractivity contribution in [3.8, 4) is 11.5 Å². The summed E-state index contributed by atoms with van der Waals surface area (Å²) in [6, 6.07) is 7.12. The van der Waals surface area contributed by atoms with E-state index in [1.54, 1.807) is 49.5 Å². The number of aliphatic carboxylic acids is 1. The molecular weight excluding hydrogens is 310 g/mol. The zero-order valence-electron chi connectivity index (χ0n) is 12.8. The molecule has 120 valence electrons. The highest BCUT2D eigenvalue weighted by molar-refractivity contribution is 5.88. The van der Waals surface area contributed by atoms with Crippen LogP contribution >= 0.6 is 0 Å². The monoisotopic (exact) mass is 323 g/mol. The van der Waals surface area contributed by atoms with Crippen LogP contribution in [0.25, 0.3) is 5.57 Å². The molecule has 1 aromatic heterocycles. The fraction of sp³-hybridized carbons (Fsp3) is 0.111. The number of carboxylic acid groups (broad SMARTS) is 1. The maximum Gasteiger partial charge on any atom is 0.341 e. The quantitative estimate of drug-likeness (QED) is 0.870. The fourth-order valence-corrected chi connectivity index (χ4v) is 2.47. The van der Waals surface area contributed by atoms with Crippen molar-refractivity contribution in [2.45, 2.75) is 6.92 Å². The van der Waals surface area contributed by atoms with E-state index in [1.165, 1.54) is 0 Å². The van der Waals surface area contributed by atoms with E-state index in [4.69, 9.17) is 14.6 Å². The van der Waals surface area contributed by atoms with Crippen LogP contribution in [0.5, 0.6) is 11.5 Å². The molecule has 0 bridgehead atoms. The molecule has 0 unspecified atom stereocenters. The molecule has 0 saturated carbocycles. The van der Waals surface area contributed by atoms with Crippen LogP contribution in [0.15, 0.2) is 48.5 Å². The van der Waals surface area contributed by atoms with Crippen molar-refractivity contribution >= 4 is 17.5 Å². The van der Waals surface area contributed by atoms with Gasteiger partial charge in [-0.05, 0) is 30.7 Å². The molecule has 6 nitrogen and oxygen atoms in total. The van der Waals surface area contributed by atoms with E-state index in [0.717, 1.165) is 16.7 Å². The third-order valence-corrected chi connectivity index (χ3v) is 3.56. The maximum atomic E-state index is 11.1. The summed E-state index contributed by atoms with van der Waals surface area (Å²) in [5.41, 5.74) is 2.97. The smallest absolute Gasteiger partial charge is 0.341 e.